The second-order valence-electron chi connectivity index (χ2n) is 5.73. The van der Waals surface area contributed by atoms with Gasteiger partial charge in [-0.05, 0) is 23.6 Å². The highest BCUT2D eigenvalue weighted by molar-refractivity contribution is 7.08. The first-order valence-electron chi connectivity index (χ1n) is 7.75. The Balaban J connectivity index is 1.51. The molecule has 0 radical (unpaired) electrons. The molecule has 0 bridgehead atoms. The van der Waals surface area contributed by atoms with Crippen molar-refractivity contribution in [2.24, 2.45) is 0 Å². The van der Waals surface area contributed by atoms with Crippen LogP contribution >= 0.6 is 11.3 Å². The van der Waals surface area contributed by atoms with Crippen molar-refractivity contribution in [3.05, 3.63) is 64.6 Å². The van der Waals surface area contributed by atoms with E-state index in [2.05, 4.69) is 15.3 Å². The molecule has 4 rings (SSSR count). The fourth-order valence-electron chi connectivity index (χ4n) is 2.86. The van der Waals surface area contributed by atoms with Crippen LogP contribution < -0.4 is 10.1 Å². The highest BCUT2D eigenvalue weighted by atomic mass is 32.1. The van der Waals surface area contributed by atoms with Crippen LogP contribution in [0, 0.1) is 5.82 Å². The molecule has 5 nitrogen and oxygen atoms in total. The molecule has 1 aliphatic heterocycles. The maximum Gasteiger partial charge on any atom is 0.252 e. The molecule has 1 amide bonds. The number of halogens is 1. The highest BCUT2D eigenvalue weighted by Gasteiger charge is 2.27. The molecule has 1 aromatic carbocycles. The zero-order valence-corrected chi connectivity index (χ0v) is 13.9. The van der Waals surface area contributed by atoms with E-state index in [0.29, 0.717) is 35.4 Å². The summed E-state index contributed by atoms with van der Waals surface area (Å²) in [6.07, 6.45) is 4.97. The number of carbonyl (C=O) groups excluding carboxylic acids is 1. The molecule has 126 valence electrons. The number of rotatable bonds is 4. The number of thiophene rings is 1. The first-order chi connectivity index (χ1) is 12.2. The summed E-state index contributed by atoms with van der Waals surface area (Å²) in [5.74, 6) is 0.166. The number of nitrogens with one attached hydrogen (secondary N) is 1. The Morgan fingerprint density at radius 2 is 2.20 bits per heavy atom. The quantitative estimate of drug-likeness (QED) is 0.781. The minimum Gasteiger partial charge on any atom is -0.487 e. The number of ether oxygens (including phenoxy) is 1. The van der Waals surface area contributed by atoms with Gasteiger partial charge < -0.3 is 10.1 Å². The van der Waals surface area contributed by atoms with Gasteiger partial charge in [0, 0.05) is 46.4 Å². The van der Waals surface area contributed by atoms with Crippen LogP contribution in [0.4, 0.5) is 4.39 Å². The maximum absolute atomic E-state index is 14.0. The molecule has 0 saturated carbocycles. The fourth-order valence-corrected chi connectivity index (χ4v) is 3.50. The van der Waals surface area contributed by atoms with Crippen molar-refractivity contribution in [1.82, 2.24) is 15.3 Å². The van der Waals surface area contributed by atoms with Crippen molar-refractivity contribution in [3.8, 4) is 16.9 Å². The second-order valence-corrected chi connectivity index (χ2v) is 6.51. The lowest BCUT2D eigenvalue weighted by atomic mass is 10.0. The van der Waals surface area contributed by atoms with E-state index in [1.54, 1.807) is 23.8 Å². The molecular formula is C18H14FN3O2S. The second kappa shape index (κ2) is 6.60. The van der Waals surface area contributed by atoms with E-state index in [1.165, 1.54) is 29.8 Å². The summed E-state index contributed by atoms with van der Waals surface area (Å²) in [6.45, 7) is 0.357. The van der Waals surface area contributed by atoms with Crippen LogP contribution in [0.2, 0.25) is 0 Å². The standard InChI is InChI=1S/C18H14FN3O2S/c19-14-3-12-4-15(8-22-18(23)11-1-2-25-9-11)24-17(12)16(5-14)13-6-20-10-21-7-13/h1-3,5-7,9-10,15H,4,8H2,(H,22,23). The van der Waals surface area contributed by atoms with Gasteiger partial charge in [0.1, 0.15) is 24.0 Å². The number of hydrogen-bond acceptors (Lipinski definition) is 5. The van der Waals surface area contributed by atoms with Crippen molar-refractivity contribution in [3.63, 3.8) is 0 Å². The lowest BCUT2D eigenvalue weighted by molar-refractivity contribution is 0.0934. The number of aromatic nitrogens is 2. The molecule has 1 aliphatic rings. The minimum atomic E-state index is -0.329. The van der Waals surface area contributed by atoms with Gasteiger partial charge in [0.25, 0.3) is 5.91 Å². The van der Waals surface area contributed by atoms with Crippen LogP contribution in [0.15, 0.2) is 47.7 Å². The summed E-state index contributed by atoms with van der Waals surface area (Å²) in [6, 6.07) is 4.67. The number of hydrogen-bond donors (Lipinski definition) is 1. The number of nitrogens with zero attached hydrogens (tertiary/aromatic N) is 2. The van der Waals surface area contributed by atoms with E-state index < -0.39 is 0 Å². The summed E-state index contributed by atoms with van der Waals surface area (Å²) < 4.78 is 20.0. The average molecular weight is 355 g/mol. The summed E-state index contributed by atoms with van der Waals surface area (Å²) in [7, 11) is 0. The summed E-state index contributed by atoms with van der Waals surface area (Å²) >= 11 is 1.47. The van der Waals surface area contributed by atoms with E-state index in [9.17, 15) is 9.18 Å². The van der Waals surface area contributed by atoms with Crippen molar-refractivity contribution in [2.45, 2.75) is 12.5 Å². The monoisotopic (exact) mass is 355 g/mol. The normalized spacial score (nSPS) is 15.5. The maximum atomic E-state index is 14.0. The van der Waals surface area contributed by atoms with Crippen LogP contribution in [0.1, 0.15) is 15.9 Å². The summed E-state index contributed by atoms with van der Waals surface area (Å²) in [5.41, 5.74) is 2.74. The van der Waals surface area contributed by atoms with E-state index in [0.717, 1.165) is 5.56 Å². The van der Waals surface area contributed by atoms with Crippen LogP contribution in [0.5, 0.6) is 5.75 Å². The Bertz CT molecular complexity index is 900. The van der Waals surface area contributed by atoms with Gasteiger partial charge in [0.15, 0.2) is 0 Å². The van der Waals surface area contributed by atoms with Gasteiger partial charge in [-0.3, -0.25) is 4.79 Å². The van der Waals surface area contributed by atoms with E-state index in [4.69, 9.17) is 4.74 Å². The molecule has 0 fully saturated rings. The van der Waals surface area contributed by atoms with Crippen molar-refractivity contribution >= 4 is 17.2 Å². The van der Waals surface area contributed by atoms with Crippen LogP contribution in [0.3, 0.4) is 0 Å². The smallest absolute Gasteiger partial charge is 0.252 e. The van der Waals surface area contributed by atoms with Crippen LogP contribution in [-0.4, -0.2) is 28.5 Å². The molecule has 25 heavy (non-hydrogen) atoms. The van der Waals surface area contributed by atoms with Gasteiger partial charge in [-0.2, -0.15) is 11.3 Å². The first-order valence-corrected chi connectivity index (χ1v) is 8.70. The van der Waals surface area contributed by atoms with Crippen molar-refractivity contribution < 1.29 is 13.9 Å². The number of fused-ring (bicyclic) bond motifs is 1. The Hall–Kier alpha value is -2.80. The van der Waals surface area contributed by atoms with E-state index in [-0.39, 0.29) is 17.8 Å². The van der Waals surface area contributed by atoms with Gasteiger partial charge in [0.2, 0.25) is 0 Å². The fraction of sp³-hybridized carbons (Fsp3) is 0.167. The van der Waals surface area contributed by atoms with Gasteiger partial charge in [0.05, 0.1) is 6.54 Å². The topological polar surface area (TPSA) is 64.1 Å². The zero-order valence-electron chi connectivity index (χ0n) is 13.1. The van der Waals surface area contributed by atoms with Gasteiger partial charge in [-0.25, -0.2) is 14.4 Å². The number of amides is 1. The van der Waals surface area contributed by atoms with Gasteiger partial charge >= 0.3 is 0 Å². The Morgan fingerprint density at radius 3 is 2.96 bits per heavy atom. The third kappa shape index (κ3) is 3.23. The van der Waals surface area contributed by atoms with Crippen molar-refractivity contribution in [2.75, 3.05) is 6.54 Å². The van der Waals surface area contributed by atoms with Gasteiger partial charge in [-0.15, -0.1) is 0 Å². The molecule has 1 atom stereocenters. The van der Waals surface area contributed by atoms with Gasteiger partial charge in [-0.1, -0.05) is 0 Å². The first kappa shape index (κ1) is 15.7. The molecule has 0 saturated heterocycles. The Morgan fingerprint density at radius 1 is 1.36 bits per heavy atom. The lowest BCUT2D eigenvalue weighted by Crippen LogP contribution is -2.34. The molecule has 7 heteroatoms. The van der Waals surface area contributed by atoms with Crippen molar-refractivity contribution in [1.29, 1.82) is 0 Å². The summed E-state index contributed by atoms with van der Waals surface area (Å²) in [5, 5.41) is 6.51. The number of benzene rings is 1. The Labute approximate surface area is 147 Å². The lowest BCUT2D eigenvalue weighted by Gasteiger charge is -2.13. The molecule has 2 aromatic heterocycles. The molecule has 1 unspecified atom stereocenters. The molecule has 3 aromatic rings. The molecule has 0 spiro atoms. The molecule has 3 heterocycles. The van der Waals surface area contributed by atoms with Crippen LogP contribution in [0.25, 0.3) is 11.1 Å². The highest BCUT2D eigenvalue weighted by Crippen LogP contribution is 2.39. The van der Waals surface area contributed by atoms with Crippen LogP contribution in [-0.2, 0) is 6.42 Å². The Kier molecular flexibility index (Phi) is 4.15. The van der Waals surface area contributed by atoms with E-state index in [1.807, 2.05) is 5.38 Å². The minimum absolute atomic E-state index is 0.135. The largest absolute Gasteiger partial charge is 0.487 e. The number of carbonyl (C=O) groups is 1. The van der Waals surface area contributed by atoms with E-state index >= 15 is 0 Å². The average Bonchev–Trinajstić information content (AvgIpc) is 3.29. The predicted octanol–water partition coefficient (Wildman–Crippen LogP) is 3.08. The molecular weight excluding hydrogens is 341 g/mol. The zero-order chi connectivity index (χ0) is 17.2. The molecule has 1 N–H and O–H groups in total. The summed E-state index contributed by atoms with van der Waals surface area (Å²) in [4.78, 5) is 20.0. The SMILES string of the molecule is O=C(NCC1Cc2cc(F)cc(-c3cncnc3)c2O1)c1ccsc1. The third-order valence-electron chi connectivity index (χ3n) is 4.01. The predicted molar refractivity (Wildman–Crippen MR) is 92.2 cm³/mol. The third-order valence-corrected chi connectivity index (χ3v) is 4.69. The molecule has 0 aliphatic carbocycles.